The van der Waals surface area contributed by atoms with Crippen LogP contribution < -0.4 is 10.1 Å². The quantitative estimate of drug-likeness (QED) is 0.858. The number of nitrogens with zero attached hydrogens (tertiary/aromatic N) is 1. The highest BCUT2D eigenvalue weighted by Crippen LogP contribution is 2.45. The lowest BCUT2D eigenvalue weighted by molar-refractivity contribution is -0.131. The van der Waals surface area contributed by atoms with Crippen molar-refractivity contribution in [2.45, 2.75) is 66.8 Å². The molecule has 5 nitrogen and oxygen atoms in total. The minimum atomic E-state index is -0.458. The van der Waals surface area contributed by atoms with Crippen LogP contribution in [0.5, 0.6) is 5.75 Å². The van der Waals surface area contributed by atoms with E-state index in [9.17, 15) is 9.59 Å². The molecule has 1 aliphatic carbocycles. The van der Waals surface area contributed by atoms with E-state index >= 15 is 0 Å². The summed E-state index contributed by atoms with van der Waals surface area (Å²) in [6, 6.07) is 1.81. The van der Waals surface area contributed by atoms with E-state index in [2.05, 4.69) is 38.0 Å². The molecule has 0 spiro atoms. The number of rotatable bonds is 3. The van der Waals surface area contributed by atoms with Gasteiger partial charge in [0.05, 0.1) is 0 Å². The summed E-state index contributed by atoms with van der Waals surface area (Å²) in [7, 11) is 0. The van der Waals surface area contributed by atoms with Crippen molar-refractivity contribution in [1.29, 1.82) is 0 Å². The number of ether oxygens (including phenoxy) is 1. The Balaban J connectivity index is 2.21. The van der Waals surface area contributed by atoms with E-state index in [1.807, 2.05) is 0 Å². The third-order valence-electron chi connectivity index (χ3n) is 4.45. The molecule has 0 aromatic carbocycles. The number of carbonyl (C=O) groups is 2. The number of aryl methyl sites for hydroxylation is 1. The van der Waals surface area contributed by atoms with Gasteiger partial charge in [-0.2, -0.15) is 0 Å². The van der Waals surface area contributed by atoms with Gasteiger partial charge in [-0.05, 0) is 48.6 Å². The van der Waals surface area contributed by atoms with Crippen LogP contribution in [-0.2, 0) is 4.79 Å². The molecule has 132 valence electrons. The number of hydrogen-bond donors (Lipinski definition) is 1. The Morgan fingerprint density at radius 2 is 1.79 bits per heavy atom. The summed E-state index contributed by atoms with van der Waals surface area (Å²) < 4.78 is 5.21. The molecule has 0 unspecified atom stereocenters. The molecule has 1 heterocycles. The monoisotopic (exact) mass is 332 g/mol. The molecule has 0 radical (unpaired) electrons. The SMILES string of the molecule is CC(=O)Oc1c(C)ccnc1C(=O)NC1CC(C)(C)CC(C)(C)C1. The molecule has 1 aromatic rings. The Kier molecular flexibility index (Phi) is 5.02. The van der Waals surface area contributed by atoms with Gasteiger partial charge in [-0.3, -0.25) is 9.59 Å². The van der Waals surface area contributed by atoms with Crippen LogP contribution in [-0.4, -0.2) is 22.9 Å². The zero-order chi connectivity index (χ0) is 18.1. The maximum Gasteiger partial charge on any atom is 0.308 e. The molecule has 5 heteroatoms. The van der Waals surface area contributed by atoms with Crippen LogP contribution in [0, 0.1) is 17.8 Å². The van der Waals surface area contributed by atoms with Crippen LogP contribution in [0.2, 0.25) is 0 Å². The Morgan fingerprint density at radius 1 is 1.21 bits per heavy atom. The summed E-state index contributed by atoms with van der Waals surface area (Å²) in [5, 5.41) is 3.09. The second kappa shape index (κ2) is 6.54. The summed E-state index contributed by atoms with van der Waals surface area (Å²) in [6.07, 6.45) is 4.55. The summed E-state index contributed by atoms with van der Waals surface area (Å²) in [4.78, 5) is 28.2. The first kappa shape index (κ1) is 18.4. The van der Waals surface area contributed by atoms with Gasteiger partial charge in [-0.25, -0.2) is 4.98 Å². The van der Waals surface area contributed by atoms with Gasteiger partial charge in [-0.15, -0.1) is 0 Å². The second-order valence-corrected chi connectivity index (χ2v) is 8.48. The van der Waals surface area contributed by atoms with Crippen LogP contribution in [0.15, 0.2) is 12.3 Å². The van der Waals surface area contributed by atoms with Crippen molar-refractivity contribution in [2.75, 3.05) is 0 Å². The average Bonchev–Trinajstić information content (AvgIpc) is 2.36. The molecule has 0 atom stereocenters. The Labute approximate surface area is 144 Å². The van der Waals surface area contributed by atoms with Gasteiger partial charge in [0, 0.05) is 19.2 Å². The Hall–Kier alpha value is -1.91. The Morgan fingerprint density at radius 3 is 2.33 bits per heavy atom. The number of esters is 1. The first-order chi connectivity index (χ1) is 11.0. The normalized spacial score (nSPS) is 19.6. The van der Waals surface area contributed by atoms with Crippen LogP contribution in [0.25, 0.3) is 0 Å². The van der Waals surface area contributed by atoms with Gasteiger partial charge in [-0.1, -0.05) is 27.7 Å². The van der Waals surface area contributed by atoms with E-state index in [1.54, 1.807) is 19.2 Å². The van der Waals surface area contributed by atoms with Crippen molar-refractivity contribution >= 4 is 11.9 Å². The standard InChI is InChI=1S/C19H28N2O3/c1-12-7-8-20-15(16(12)24-13(2)22)17(23)21-14-9-18(3,4)11-19(5,6)10-14/h7-8,14H,9-11H2,1-6H3,(H,21,23). The van der Waals surface area contributed by atoms with E-state index < -0.39 is 5.97 Å². The van der Waals surface area contributed by atoms with Gasteiger partial charge >= 0.3 is 5.97 Å². The smallest absolute Gasteiger partial charge is 0.308 e. The maximum atomic E-state index is 12.7. The molecule has 24 heavy (non-hydrogen) atoms. The van der Waals surface area contributed by atoms with Crippen molar-refractivity contribution in [3.8, 4) is 5.75 Å². The number of hydrogen-bond acceptors (Lipinski definition) is 4. The van der Waals surface area contributed by atoms with Crippen molar-refractivity contribution in [2.24, 2.45) is 10.8 Å². The number of nitrogens with one attached hydrogen (secondary N) is 1. The fourth-order valence-electron chi connectivity index (χ4n) is 4.18. The molecule has 2 rings (SSSR count). The predicted octanol–water partition coefficient (Wildman–Crippen LogP) is 3.65. The van der Waals surface area contributed by atoms with Gasteiger partial charge in [0.1, 0.15) is 0 Å². The van der Waals surface area contributed by atoms with Crippen LogP contribution in [0.3, 0.4) is 0 Å². The molecule has 1 saturated carbocycles. The minimum absolute atomic E-state index is 0.0868. The lowest BCUT2D eigenvalue weighted by atomic mass is 9.63. The molecule has 1 N–H and O–H groups in total. The second-order valence-electron chi connectivity index (χ2n) is 8.48. The van der Waals surface area contributed by atoms with Crippen molar-refractivity contribution in [1.82, 2.24) is 10.3 Å². The summed E-state index contributed by atoms with van der Waals surface area (Å²) in [5.41, 5.74) is 1.25. The molecule has 0 aliphatic heterocycles. The van der Waals surface area contributed by atoms with E-state index in [0.29, 0.717) is 0 Å². The minimum Gasteiger partial charge on any atom is -0.424 e. The molecule has 1 aliphatic rings. The largest absolute Gasteiger partial charge is 0.424 e. The van der Waals surface area contributed by atoms with Crippen LogP contribution in [0.4, 0.5) is 0 Å². The average molecular weight is 332 g/mol. The molecule has 0 saturated heterocycles. The highest BCUT2D eigenvalue weighted by atomic mass is 16.5. The number of amides is 1. The van der Waals surface area contributed by atoms with E-state index in [-0.39, 0.29) is 34.2 Å². The zero-order valence-electron chi connectivity index (χ0n) is 15.5. The number of aromatic nitrogens is 1. The van der Waals surface area contributed by atoms with Crippen molar-refractivity contribution in [3.05, 3.63) is 23.5 Å². The zero-order valence-corrected chi connectivity index (χ0v) is 15.5. The molecular weight excluding hydrogens is 304 g/mol. The lowest BCUT2D eigenvalue weighted by Crippen LogP contribution is -2.46. The molecule has 1 aromatic heterocycles. The van der Waals surface area contributed by atoms with Crippen LogP contribution in [0.1, 0.15) is 69.9 Å². The predicted molar refractivity (Wildman–Crippen MR) is 93.0 cm³/mol. The number of pyridine rings is 1. The summed E-state index contributed by atoms with van der Waals surface area (Å²) in [6.45, 7) is 12.1. The third-order valence-corrected chi connectivity index (χ3v) is 4.45. The van der Waals surface area contributed by atoms with Gasteiger partial charge in [0.15, 0.2) is 11.4 Å². The van der Waals surface area contributed by atoms with Gasteiger partial charge in [0.25, 0.3) is 5.91 Å². The maximum absolute atomic E-state index is 12.7. The Bertz CT molecular complexity index is 634. The van der Waals surface area contributed by atoms with E-state index in [0.717, 1.165) is 24.8 Å². The molecule has 0 bridgehead atoms. The van der Waals surface area contributed by atoms with Crippen LogP contribution >= 0.6 is 0 Å². The van der Waals surface area contributed by atoms with E-state index in [1.165, 1.54) is 6.92 Å². The highest BCUT2D eigenvalue weighted by molar-refractivity contribution is 5.96. The third kappa shape index (κ3) is 4.56. The fourth-order valence-corrected chi connectivity index (χ4v) is 4.18. The van der Waals surface area contributed by atoms with Gasteiger partial charge in [0.2, 0.25) is 0 Å². The van der Waals surface area contributed by atoms with Crippen molar-refractivity contribution < 1.29 is 14.3 Å². The molecular formula is C19H28N2O3. The molecule has 1 fully saturated rings. The van der Waals surface area contributed by atoms with Crippen molar-refractivity contribution in [3.63, 3.8) is 0 Å². The lowest BCUT2D eigenvalue weighted by Gasteiger charge is -2.45. The molecule has 1 amide bonds. The first-order valence-electron chi connectivity index (χ1n) is 8.44. The number of carbonyl (C=O) groups excluding carboxylic acids is 2. The highest BCUT2D eigenvalue weighted by Gasteiger charge is 2.39. The first-order valence-corrected chi connectivity index (χ1v) is 8.44. The summed E-state index contributed by atoms with van der Waals surface area (Å²) >= 11 is 0. The van der Waals surface area contributed by atoms with E-state index in [4.69, 9.17) is 4.74 Å². The van der Waals surface area contributed by atoms with Gasteiger partial charge < -0.3 is 10.1 Å². The fraction of sp³-hybridized carbons (Fsp3) is 0.632. The topological polar surface area (TPSA) is 68.3 Å². The summed E-state index contributed by atoms with van der Waals surface area (Å²) in [5.74, 6) is -0.495.